The number of fused-ring (bicyclic) bond motifs is 4. The van der Waals surface area contributed by atoms with E-state index in [0.717, 1.165) is 18.4 Å². The van der Waals surface area contributed by atoms with Gasteiger partial charge in [-0.3, -0.25) is 0 Å². The fourth-order valence-corrected chi connectivity index (χ4v) is 5.37. The lowest BCUT2D eigenvalue weighted by atomic mass is 9.81. The molecule has 0 aromatic rings. The van der Waals surface area contributed by atoms with E-state index in [2.05, 4.69) is 46.9 Å². The summed E-state index contributed by atoms with van der Waals surface area (Å²) in [6.45, 7) is 15.7. The first kappa shape index (κ1) is 18.9. The molecule has 0 unspecified atom stereocenters. The van der Waals surface area contributed by atoms with E-state index in [-0.39, 0.29) is 34.7 Å². The molecule has 5 heteroatoms. The SMILES string of the molecule is CCOC(=O)C1=C2[C@H](O[Si](C)(C)C(C)(C)C)CC[C@@H]2[C@]2(C)C=C[C@H]1O2. The average molecular weight is 365 g/mol. The third kappa shape index (κ3) is 3.04. The average Bonchev–Trinajstić information content (AvgIpc) is 3.03. The monoisotopic (exact) mass is 364 g/mol. The van der Waals surface area contributed by atoms with E-state index in [9.17, 15) is 4.79 Å². The van der Waals surface area contributed by atoms with Gasteiger partial charge in [0, 0.05) is 5.92 Å². The van der Waals surface area contributed by atoms with Crippen LogP contribution in [0.3, 0.4) is 0 Å². The molecule has 0 spiro atoms. The Morgan fingerprint density at radius 1 is 1.36 bits per heavy atom. The molecule has 1 saturated carbocycles. The third-order valence-electron chi connectivity index (χ3n) is 6.45. The summed E-state index contributed by atoms with van der Waals surface area (Å²) in [7, 11) is -1.92. The van der Waals surface area contributed by atoms with Gasteiger partial charge in [0.1, 0.15) is 6.10 Å². The second-order valence-corrected chi connectivity index (χ2v) is 13.9. The van der Waals surface area contributed by atoms with Gasteiger partial charge in [-0.2, -0.15) is 0 Å². The van der Waals surface area contributed by atoms with Gasteiger partial charge >= 0.3 is 5.97 Å². The molecule has 0 radical (unpaired) electrons. The van der Waals surface area contributed by atoms with E-state index < -0.39 is 8.32 Å². The summed E-state index contributed by atoms with van der Waals surface area (Å²) in [6, 6.07) is 0. The molecule has 4 nitrogen and oxygen atoms in total. The highest BCUT2D eigenvalue weighted by Crippen LogP contribution is 2.53. The van der Waals surface area contributed by atoms with Crippen molar-refractivity contribution in [3.8, 4) is 0 Å². The van der Waals surface area contributed by atoms with E-state index in [4.69, 9.17) is 13.9 Å². The molecule has 1 fully saturated rings. The number of ether oxygens (including phenoxy) is 2. The summed E-state index contributed by atoms with van der Waals surface area (Å²) in [6.07, 6.45) is 5.80. The van der Waals surface area contributed by atoms with E-state index in [1.807, 2.05) is 13.0 Å². The number of esters is 1. The van der Waals surface area contributed by atoms with Crippen molar-refractivity contribution in [2.75, 3.05) is 6.61 Å². The molecule has 25 heavy (non-hydrogen) atoms. The first-order chi connectivity index (χ1) is 11.5. The Balaban J connectivity index is 2.00. The van der Waals surface area contributed by atoms with E-state index in [1.54, 1.807) is 0 Å². The lowest BCUT2D eigenvalue weighted by Crippen LogP contribution is -2.47. The molecule has 0 amide bonds. The van der Waals surface area contributed by atoms with Gasteiger partial charge in [0.05, 0.1) is 23.9 Å². The van der Waals surface area contributed by atoms with Gasteiger partial charge in [-0.15, -0.1) is 0 Å². The van der Waals surface area contributed by atoms with E-state index >= 15 is 0 Å². The van der Waals surface area contributed by atoms with Crippen molar-refractivity contribution < 1.29 is 18.7 Å². The van der Waals surface area contributed by atoms with Crippen LogP contribution in [0.2, 0.25) is 18.1 Å². The highest BCUT2D eigenvalue weighted by Gasteiger charge is 2.55. The minimum Gasteiger partial charge on any atom is -0.463 e. The van der Waals surface area contributed by atoms with Crippen molar-refractivity contribution in [1.82, 2.24) is 0 Å². The maximum atomic E-state index is 12.7. The largest absolute Gasteiger partial charge is 0.463 e. The minimum absolute atomic E-state index is 0.0101. The molecule has 0 aromatic carbocycles. The maximum Gasteiger partial charge on any atom is 0.337 e. The van der Waals surface area contributed by atoms with Crippen LogP contribution in [0.4, 0.5) is 0 Å². The molecular formula is C20H32O4Si. The van der Waals surface area contributed by atoms with Gasteiger partial charge in [0.2, 0.25) is 0 Å². The number of rotatable bonds is 4. The predicted octanol–water partition coefficient (Wildman–Crippen LogP) is 4.37. The van der Waals surface area contributed by atoms with Crippen LogP contribution in [0, 0.1) is 5.92 Å². The van der Waals surface area contributed by atoms with Crippen molar-refractivity contribution >= 4 is 14.3 Å². The van der Waals surface area contributed by atoms with E-state index in [0.29, 0.717) is 12.2 Å². The van der Waals surface area contributed by atoms with Crippen LogP contribution in [0.1, 0.15) is 47.5 Å². The van der Waals surface area contributed by atoms with Crippen LogP contribution in [0.15, 0.2) is 23.3 Å². The van der Waals surface area contributed by atoms with E-state index in [1.165, 1.54) is 0 Å². The summed E-state index contributed by atoms with van der Waals surface area (Å²) in [5.74, 6) is -0.0384. The first-order valence-corrected chi connectivity index (χ1v) is 12.4. The summed E-state index contributed by atoms with van der Waals surface area (Å²) in [5, 5.41) is 0.141. The van der Waals surface area contributed by atoms with Gasteiger partial charge in [0.25, 0.3) is 0 Å². The van der Waals surface area contributed by atoms with Crippen molar-refractivity contribution in [2.24, 2.45) is 5.92 Å². The molecular weight excluding hydrogens is 332 g/mol. The molecule has 1 aliphatic carbocycles. The van der Waals surface area contributed by atoms with Crippen LogP contribution in [0.25, 0.3) is 0 Å². The van der Waals surface area contributed by atoms with Crippen LogP contribution in [0.5, 0.6) is 0 Å². The Morgan fingerprint density at radius 2 is 2.04 bits per heavy atom. The van der Waals surface area contributed by atoms with Crippen LogP contribution < -0.4 is 0 Å². The molecule has 2 heterocycles. The number of hydrogen-bond acceptors (Lipinski definition) is 4. The quantitative estimate of drug-likeness (QED) is 0.422. The Kier molecular flexibility index (Phi) is 4.58. The molecule has 140 valence electrons. The van der Waals surface area contributed by atoms with Gasteiger partial charge in [-0.25, -0.2) is 4.79 Å². The predicted molar refractivity (Wildman–Crippen MR) is 101 cm³/mol. The number of carbonyl (C=O) groups is 1. The maximum absolute atomic E-state index is 12.7. The molecule has 0 N–H and O–H groups in total. The fourth-order valence-electron chi connectivity index (χ4n) is 4.06. The lowest BCUT2D eigenvalue weighted by Gasteiger charge is -2.42. The minimum atomic E-state index is -1.92. The highest BCUT2D eigenvalue weighted by atomic mass is 28.4. The van der Waals surface area contributed by atoms with Gasteiger partial charge < -0.3 is 13.9 Å². The van der Waals surface area contributed by atoms with Crippen molar-refractivity contribution in [2.45, 2.75) is 83.4 Å². The molecule has 2 bridgehead atoms. The highest BCUT2D eigenvalue weighted by molar-refractivity contribution is 6.74. The Hall–Kier alpha value is -0.913. The Morgan fingerprint density at radius 3 is 2.64 bits per heavy atom. The smallest absolute Gasteiger partial charge is 0.337 e. The van der Waals surface area contributed by atoms with Gasteiger partial charge in [-0.05, 0) is 50.4 Å². The molecule has 2 aliphatic heterocycles. The zero-order chi connectivity index (χ0) is 18.6. The number of hydrogen-bond donors (Lipinski definition) is 0. The van der Waals surface area contributed by atoms with Crippen molar-refractivity contribution in [3.05, 3.63) is 23.3 Å². The third-order valence-corrected chi connectivity index (χ3v) is 10.9. The first-order valence-electron chi connectivity index (χ1n) is 9.46. The molecule has 0 aromatic heterocycles. The van der Waals surface area contributed by atoms with Crippen LogP contribution in [-0.4, -0.2) is 38.7 Å². The standard InChI is InChI=1S/C20H32O4Si/c1-8-22-18(21)17-14-11-12-20(5,23-14)13-9-10-15(16(13)17)24-25(6,7)19(2,3)4/h11-15H,8-10H2,1-7H3/t13-,14+,15+,20-/m0/s1. The summed E-state index contributed by atoms with van der Waals surface area (Å²) in [5.41, 5.74) is 1.52. The Labute approximate surface area is 152 Å². The van der Waals surface area contributed by atoms with Gasteiger partial charge in [-0.1, -0.05) is 32.9 Å². The van der Waals surface area contributed by atoms with Crippen LogP contribution >= 0.6 is 0 Å². The van der Waals surface area contributed by atoms with Crippen molar-refractivity contribution in [1.29, 1.82) is 0 Å². The normalized spacial score (nSPS) is 34.4. The molecule has 4 atom stereocenters. The number of carbonyl (C=O) groups excluding carboxylic acids is 1. The zero-order valence-corrected chi connectivity index (χ0v) is 17.6. The van der Waals surface area contributed by atoms with Gasteiger partial charge in [0.15, 0.2) is 8.32 Å². The topological polar surface area (TPSA) is 44.8 Å². The zero-order valence-electron chi connectivity index (χ0n) is 16.6. The summed E-state index contributed by atoms with van der Waals surface area (Å²) >= 11 is 0. The van der Waals surface area contributed by atoms with Crippen LogP contribution in [-0.2, 0) is 18.7 Å². The summed E-state index contributed by atoms with van der Waals surface area (Å²) < 4.78 is 18.3. The second kappa shape index (κ2) is 6.07. The molecule has 3 rings (SSSR count). The van der Waals surface area contributed by atoms with Crippen molar-refractivity contribution in [3.63, 3.8) is 0 Å². The second-order valence-electron chi connectivity index (χ2n) is 9.17. The fraction of sp³-hybridized carbons (Fsp3) is 0.750. The summed E-state index contributed by atoms with van der Waals surface area (Å²) in [4.78, 5) is 12.7. The molecule has 0 saturated heterocycles. The Bertz CT molecular complexity index is 628. The molecule has 3 aliphatic rings. The lowest BCUT2D eigenvalue weighted by molar-refractivity contribution is -0.142.